The second-order valence-electron chi connectivity index (χ2n) is 15.9. The number of benzene rings is 9. The van der Waals surface area contributed by atoms with E-state index in [4.69, 9.17) is 15.0 Å². The molecule has 0 spiro atoms. The number of rotatable bonds is 8. The van der Waals surface area contributed by atoms with Crippen molar-refractivity contribution >= 4 is 0 Å². The van der Waals surface area contributed by atoms with Crippen molar-refractivity contribution in [3.63, 3.8) is 0 Å². The number of aromatic nitrogens is 3. The molecule has 0 aliphatic heterocycles. The van der Waals surface area contributed by atoms with Gasteiger partial charge < -0.3 is 0 Å². The van der Waals surface area contributed by atoms with E-state index in [0.29, 0.717) is 23.0 Å². The van der Waals surface area contributed by atoms with Gasteiger partial charge in [-0.1, -0.05) is 194 Å². The number of nitrogens with zero attached hydrogens (tertiary/aromatic N) is 4. The first-order chi connectivity index (χ1) is 31.2. The summed E-state index contributed by atoms with van der Waals surface area (Å²) in [5, 5.41) is 9.74. The van der Waals surface area contributed by atoms with Crippen LogP contribution in [0.25, 0.3) is 78.7 Å². The van der Waals surface area contributed by atoms with Crippen molar-refractivity contribution < 1.29 is 0 Å². The van der Waals surface area contributed by atoms with Gasteiger partial charge in [-0.2, -0.15) is 5.26 Å². The zero-order chi connectivity index (χ0) is 42.2. The minimum Gasteiger partial charge on any atom is -0.208 e. The third-order valence-electron chi connectivity index (χ3n) is 12.2. The molecule has 0 bridgehead atoms. The van der Waals surface area contributed by atoms with Gasteiger partial charge in [0.2, 0.25) is 0 Å². The highest BCUT2D eigenvalue weighted by Gasteiger charge is 2.46. The van der Waals surface area contributed by atoms with Crippen molar-refractivity contribution in [1.29, 1.82) is 5.26 Å². The zero-order valence-electron chi connectivity index (χ0n) is 34.2. The molecular formula is C59H38N4. The summed E-state index contributed by atoms with van der Waals surface area (Å²) < 4.78 is 0. The van der Waals surface area contributed by atoms with Crippen molar-refractivity contribution in [3.8, 4) is 84.7 Å². The van der Waals surface area contributed by atoms with Crippen molar-refractivity contribution in [3.05, 3.63) is 258 Å². The summed E-state index contributed by atoms with van der Waals surface area (Å²) in [7, 11) is 0. The topological polar surface area (TPSA) is 62.5 Å². The molecule has 11 rings (SSSR count). The van der Waals surface area contributed by atoms with Crippen LogP contribution in [0.2, 0.25) is 0 Å². The molecule has 1 aliphatic carbocycles. The lowest BCUT2D eigenvalue weighted by Gasteiger charge is -2.34. The second-order valence-corrected chi connectivity index (χ2v) is 15.9. The predicted octanol–water partition coefficient (Wildman–Crippen LogP) is 14.1. The molecule has 1 heterocycles. The second kappa shape index (κ2) is 15.8. The van der Waals surface area contributed by atoms with Crippen LogP contribution in [-0.2, 0) is 5.41 Å². The maximum absolute atomic E-state index is 9.74. The lowest BCUT2D eigenvalue weighted by Crippen LogP contribution is -2.28. The third-order valence-corrected chi connectivity index (χ3v) is 12.2. The zero-order valence-corrected chi connectivity index (χ0v) is 34.2. The Balaban J connectivity index is 1.10. The van der Waals surface area contributed by atoms with Crippen LogP contribution < -0.4 is 0 Å². The van der Waals surface area contributed by atoms with Crippen LogP contribution in [-0.4, -0.2) is 15.0 Å². The maximum atomic E-state index is 9.74. The fourth-order valence-electron chi connectivity index (χ4n) is 9.33. The van der Waals surface area contributed by atoms with E-state index in [0.717, 1.165) is 50.1 Å². The summed E-state index contributed by atoms with van der Waals surface area (Å²) in [5.74, 6) is 1.87. The van der Waals surface area contributed by atoms with E-state index in [1.54, 1.807) is 0 Å². The number of hydrogen-bond donors (Lipinski definition) is 0. The van der Waals surface area contributed by atoms with Crippen LogP contribution >= 0.6 is 0 Å². The van der Waals surface area contributed by atoms with Crippen molar-refractivity contribution in [2.45, 2.75) is 5.41 Å². The molecule has 63 heavy (non-hydrogen) atoms. The van der Waals surface area contributed by atoms with E-state index in [2.05, 4.69) is 164 Å². The van der Waals surface area contributed by atoms with Gasteiger partial charge in [-0.3, -0.25) is 0 Å². The molecule has 1 aliphatic rings. The molecule has 0 saturated carbocycles. The first kappa shape index (κ1) is 37.5. The Labute approximate surface area is 367 Å². The smallest absolute Gasteiger partial charge is 0.164 e. The molecule has 4 nitrogen and oxygen atoms in total. The maximum Gasteiger partial charge on any atom is 0.164 e. The summed E-state index contributed by atoms with van der Waals surface area (Å²) in [6.07, 6.45) is 0. The van der Waals surface area contributed by atoms with Crippen molar-refractivity contribution in [2.75, 3.05) is 0 Å². The quantitative estimate of drug-likeness (QED) is 0.153. The monoisotopic (exact) mass is 802 g/mol. The Hall–Kier alpha value is -8.52. The molecule has 4 heteroatoms. The highest BCUT2D eigenvalue weighted by Crippen LogP contribution is 2.58. The van der Waals surface area contributed by atoms with Gasteiger partial charge in [0, 0.05) is 16.7 Å². The van der Waals surface area contributed by atoms with E-state index in [1.165, 1.54) is 33.4 Å². The van der Waals surface area contributed by atoms with Crippen LogP contribution in [0, 0.1) is 11.3 Å². The van der Waals surface area contributed by atoms with Gasteiger partial charge in [0.15, 0.2) is 17.5 Å². The average molecular weight is 803 g/mol. The largest absolute Gasteiger partial charge is 0.208 e. The molecule has 0 unspecified atom stereocenters. The summed E-state index contributed by atoms with van der Waals surface area (Å²) in [5.41, 5.74) is 16.7. The van der Waals surface area contributed by atoms with Crippen LogP contribution in [0.3, 0.4) is 0 Å². The Morgan fingerprint density at radius 1 is 0.302 bits per heavy atom. The lowest BCUT2D eigenvalue weighted by molar-refractivity contribution is 0.769. The number of nitriles is 1. The minimum absolute atomic E-state index is 0.555. The molecule has 0 saturated heterocycles. The van der Waals surface area contributed by atoms with E-state index in [1.807, 2.05) is 72.8 Å². The summed E-state index contributed by atoms with van der Waals surface area (Å²) in [6.45, 7) is 0. The van der Waals surface area contributed by atoms with Crippen molar-refractivity contribution in [2.24, 2.45) is 0 Å². The van der Waals surface area contributed by atoms with Gasteiger partial charge in [0.1, 0.15) is 0 Å². The Morgan fingerprint density at radius 2 is 0.746 bits per heavy atom. The van der Waals surface area contributed by atoms with E-state index >= 15 is 0 Å². The molecule has 294 valence electrons. The summed E-state index contributed by atoms with van der Waals surface area (Å²) in [6, 6.07) is 83.2. The fraction of sp³-hybridized carbons (Fsp3) is 0.0169. The van der Waals surface area contributed by atoms with Crippen molar-refractivity contribution in [1.82, 2.24) is 15.0 Å². The van der Waals surface area contributed by atoms with Gasteiger partial charge in [0.05, 0.1) is 17.0 Å². The molecule has 9 aromatic carbocycles. The van der Waals surface area contributed by atoms with E-state index < -0.39 is 5.41 Å². The molecule has 0 atom stereocenters. The summed E-state index contributed by atoms with van der Waals surface area (Å²) >= 11 is 0. The Morgan fingerprint density at radius 3 is 1.32 bits per heavy atom. The molecule has 0 fully saturated rings. The third kappa shape index (κ3) is 6.61. The number of hydrogen-bond acceptors (Lipinski definition) is 4. The fourth-order valence-corrected chi connectivity index (χ4v) is 9.33. The van der Waals surface area contributed by atoms with Crippen LogP contribution in [0.5, 0.6) is 0 Å². The standard InChI is InChI=1S/C59H38N4/c60-39-40-31-33-41(34-32-40)51-37-53-50-29-13-14-30-54(50)59(48-25-9-3-10-26-48,49-27-11-4-12-28-49)55(53)38-52(51)46-23-15-21-44(35-46)45-22-16-24-47(36-45)58-62-56(42-17-5-1-6-18-42)61-57(63-58)43-19-7-2-8-20-43/h1-38H. The van der Waals surface area contributed by atoms with Gasteiger partial charge in [-0.25, -0.2) is 15.0 Å². The molecule has 1 aromatic heterocycles. The van der Waals surface area contributed by atoms with Gasteiger partial charge in [0.25, 0.3) is 0 Å². The average Bonchev–Trinajstić information content (AvgIpc) is 3.67. The Bertz CT molecular complexity index is 3220. The molecule has 0 N–H and O–H groups in total. The van der Waals surface area contributed by atoms with Gasteiger partial charge in [-0.15, -0.1) is 0 Å². The van der Waals surface area contributed by atoms with Gasteiger partial charge >= 0.3 is 0 Å². The van der Waals surface area contributed by atoms with Crippen LogP contribution in [0.15, 0.2) is 231 Å². The predicted molar refractivity (Wildman–Crippen MR) is 254 cm³/mol. The highest BCUT2D eigenvalue weighted by molar-refractivity contribution is 5.95. The SMILES string of the molecule is N#Cc1ccc(-c2cc3c(cc2-c2cccc(-c4cccc(-c5nc(-c6ccccc6)nc(-c6ccccc6)n5)c4)c2)C(c2ccccc2)(c2ccccc2)c2ccccc2-3)cc1. The normalized spacial score (nSPS) is 12.2. The minimum atomic E-state index is -0.555. The molecular weight excluding hydrogens is 765 g/mol. The van der Waals surface area contributed by atoms with Gasteiger partial charge in [-0.05, 0) is 103 Å². The highest BCUT2D eigenvalue weighted by atomic mass is 15.0. The number of fused-ring (bicyclic) bond motifs is 3. The van der Waals surface area contributed by atoms with E-state index in [9.17, 15) is 5.26 Å². The molecule has 0 amide bonds. The van der Waals surface area contributed by atoms with Crippen LogP contribution in [0.1, 0.15) is 27.8 Å². The first-order valence-corrected chi connectivity index (χ1v) is 21.2. The summed E-state index contributed by atoms with van der Waals surface area (Å²) in [4.78, 5) is 15.0. The first-order valence-electron chi connectivity index (χ1n) is 21.2. The van der Waals surface area contributed by atoms with Crippen LogP contribution in [0.4, 0.5) is 0 Å². The lowest BCUT2D eigenvalue weighted by atomic mass is 9.67. The Kier molecular flexibility index (Phi) is 9.41. The molecule has 10 aromatic rings. The molecule has 0 radical (unpaired) electrons. The van der Waals surface area contributed by atoms with E-state index in [-0.39, 0.29) is 0 Å².